The highest BCUT2D eigenvalue weighted by molar-refractivity contribution is 6.31. The second-order valence-electron chi connectivity index (χ2n) is 5.53. The summed E-state index contributed by atoms with van der Waals surface area (Å²) in [6.45, 7) is 3.69. The zero-order chi connectivity index (χ0) is 17.8. The van der Waals surface area contributed by atoms with Gasteiger partial charge in [0.05, 0.1) is 5.71 Å². The lowest BCUT2D eigenvalue weighted by molar-refractivity contribution is -0.120. The van der Waals surface area contributed by atoms with Crippen LogP contribution < -0.4 is 14.8 Å². The first-order chi connectivity index (χ1) is 12.0. The fraction of sp³-hybridized carbons (Fsp3) is 0.222. The molecule has 7 heteroatoms. The molecule has 1 aliphatic rings. The molecular weight excluding hydrogens is 344 g/mol. The topological polar surface area (TPSA) is 69.2 Å². The van der Waals surface area contributed by atoms with E-state index in [-0.39, 0.29) is 19.3 Å². The van der Waals surface area contributed by atoms with Crippen LogP contribution in [-0.4, -0.2) is 25.0 Å². The number of benzene rings is 2. The molecule has 0 atom stereocenters. The summed E-state index contributed by atoms with van der Waals surface area (Å²) in [5.41, 5.74) is 3.02. The number of hydrogen-bond acceptors (Lipinski definition) is 5. The van der Waals surface area contributed by atoms with E-state index in [9.17, 15) is 4.79 Å². The molecule has 1 aliphatic heterocycles. The Balaban J connectivity index is 1.57. The van der Waals surface area contributed by atoms with Gasteiger partial charge in [0, 0.05) is 16.3 Å². The molecule has 0 radical (unpaired) electrons. The van der Waals surface area contributed by atoms with Crippen molar-refractivity contribution in [3.05, 3.63) is 52.5 Å². The van der Waals surface area contributed by atoms with Crippen LogP contribution >= 0.6 is 11.6 Å². The largest absolute Gasteiger partial charge is 0.454 e. The highest BCUT2D eigenvalue weighted by Crippen LogP contribution is 2.32. The summed E-state index contributed by atoms with van der Waals surface area (Å²) in [5, 5.41) is 7.27. The third-order valence-electron chi connectivity index (χ3n) is 3.66. The number of carbonyl (C=O) groups is 1. The molecule has 0 saturated heterocycles. The van der Waals surface area contributed by atoms with Gasteiger partial charge in [0.2, 0.25) is 6.79 Å². The van der Waals surface area contributed by atoms with Crippen molar-refractivity contribution in [1.82, 2.24) is 0 Å². The van der Waals surface area contributed by atoms with Gasteiger partial charge in [-0.1, -0.05) is 22.8 Å². The Bertz CT molecular complexity index is 836. The van der Waals surface area contributed by atoms with Crippen molar-refractivity contribution in [1.29, 1.82) is 0 Å². The number of carbonyl (C=O) groups excluding carboxylic acids is 1. The second-order valence-corrected chi connectivity index (χ2v) is 5.96. The van der Waals surface area contributed by atoms with Crippen molar-refractivity contribution in [2.24, 2.45) is 5.16 Å². The van der Waals surface area contributed by atoms with Gasteiger partial charge in [0.15, 0.2) is 18.1 Å². The molecule has 0 unspecified atom stereocenters. The van der Waals surface area contributed by atoms with Crippen molar-refractivity contribution < 1.29 is 19.1 Å². The molecular formula is C18H17ClN2O4. The molecule has 0 bridgehead atoms. The quantitative estimate of drug-likeness (QED) is 0.651. The first-order valence-corrected chi connectivity index (χ1v) is 8.03. The summed E-state index contributed by atoms with van der Waals surface area (Å²) < 4.78 is 10.6. The number of aryl methyl sites for hydroxylation is 1. The maximum atomic E-state index is 12.0. The van der Waals surface area contributed by atoms with E-state index >= 15 is 0 Å². The molecule has 130 valence electrons. The molecule has 3 rings (SSSR count). The Labute approximate surface area is 150 Å². The third-order valence-corrected chi connectivity index (χ3v) is 3.90. The summed E-state index contributed by atoms with van der Waals surface area (Å²) in [7, 11) is 0. The first kappa shape index (κ1) is 17.1. The van der Waals surface area contributed by atoms with E-state index in [2.05, 4.69) is 10.5 Å². The van der Waals surface area contributed by atoms with Crippen molar-refractivity contribution in [2.75, 3.05) is 18.7 Å². The molecule has 0 saturated carbocycles. The average molecular weight is 361 g/mol. The lowest BCUT2D eigenvalue weighted by atomic mass is 10.1. The Morgan fingerprint density at radius 3 is 2.88 bits per heavy atom. The Kier molecular flexibility index (Phi) is 5.09. The zero-order valence-corrected chi connectivity index (χ0v) is 14.6. The van der Waals surface area contributed by atoms with Gasteiger partial charge in [-0.3, -0.25) is 4.79 Å². The standard InChI is InChI=1S/C18H17ClN2O4/c1-11-3-5-14(19)8-15(11)20-18(22)9-25-21-12(2)13-4-6-16-17(7-13)24-10-23-16/h3-8H,9-10H2,1-2H3,(H,20,22)/b21-12+. The van der Waals surface area contributed by atoms with Crippen LogP contribution in [0.3, 0.4) is 0 Å². The molecule has 25 heavy (non-hydrogen) atoms. The van der Waals surface area contributed by atoms with Crippen LogP contribution in [0, 0.1) is 6.92 Å². The SMILES string of the molecule is C/C(=N\OCC(=O)Nc1cc(Cl)ccc1C)c1ccc2c(c1)OCO2. The molecule has 2 aromatic rings. The Morgan fingerprint density at radius 1 is 1.24 bits per heavy atom. The summed E-state index contributed by atoms with van der Waals surface area (Å²) in [4.78, 5) is 17.1. The predicted octanol–water partition coefficient (Wildman–Crippen LogP) is 3.76. The molecule has 1 amide bonds. The smallest absolute Gasteiger partial charge is 0.265 e. The van der Waals surface area contributed by atoms with Crippen LogP contribution in [0.1, 0.15) is 18.1 Å². The van der Waals surface area contributed by atoms with Crippen LogP contribution in [0.2, 0.25) is 5.02 Å². The van der Waals surface area contributed by atoms with E-state index in [1.54, 1.807) is 19.1 Å². The highest BCUT2D eigenvalue weighted by Gasteiger charge is 2.14. The first-order valence-electron chi connectivity index (χ1n) is 7.65. The second kappa shape index (κ2) is 7.44. The molecule has 0 aliphatic carbocycles. The van der Waals surface area contributed by atoms with Crippen molar-refractivity contribution in [2.45, 2.75) is 13.8 Å². The molecule has 0 fully saturated rings. The summed E-state index contributed by atoms with van der Waals surface area (Å²) in [6, 6.07) is 10.8. The van der Waals surface area contributed by atoms with Crippen LogP contribution in [0.4, 0.5) is 5.69 Å². The van der Waals surface area contributed by atoms with E-state index in [4.69, 9.17) is 25.9 Å². The van der Waals surface area contributed by atoms with Crippen LogP contribution in [-0.2, 0) is 9.63 Å². The number of amides is 1. The minimum atomic E-state index is -0.312. The Hall–Kier alpha value is -2.73. The van der Waals surface area contributed by atoms with E-state index in [1.807, 2.05) is 31.2 Å². The number of halogens is 1. The van der Waals surface area contributed by atoms with Crippen molar-refractivity contribution in [3.63, 3.8) is 0 Å². The number of ether oxygens (including phenoxy) is 2. The highest BCUT2D eigenvalue weighted by atomic mass is 35.5. The molecule has 0 spiro atoms. The minimum Gasteiger partial charge on any atom is -0.454 e. The number of nitrogens with one attached hydrogen (secondary N) is 1. The van der Waals surface area contributed by atoms with Gasteiger partial charge < -0.3 is 19.6 Å². The van der Waals surface area contributed by atoms with Crippen molar-refractivity contribution in [3.8, 4) is 11.5 Å². The van der Waals surface area contributed by atoms with Gasteiger partial charge in [-0.2, -0.15) is 0 Å². The summed E-state index contributed by atoms with van der Waals surface area (Å²) >= 11 is 5.93. The number of rotatable bonds is 5. The molecule has 1 N–H and O–H groups in total. The van der Waals surface area contributed by atoms with Crippen LogP contribution in [0.5, 0.6) is 11.5 Å². The maximum absolute atomic E-state index is 12.0. The Morgan fingerprint density at radius 2 is 2.04 bits per heavy atom. The number of hydrogen-bond donors (Lipinski definition) is 1. The van der Waals surface area contributed by atoms with Gasteiger partial charge in [-0.25, -0.2) is 0 Å². The fourth-order valence-corrected chi connectivity index (χ4v) is 2.45. The molecule has 0 aromatic heterocycles. The molecule has 1 heterocycles. The number of fused-ring (bicyclic) bond motifs is 1. The average Bonchev–Trinajstić information content (AvgIpc) is 3.05. The number of oxime groups is 1. The predicted molar refractivity (Wildman–Crippen MR) is 95.5 cm³/mol. The maximum Gasteiger partial charge on any atom is 0.265 e. The number of nitrogens with zero attached hydrogens (tertiary/aromatic N) is 1. The van der Waals surface area contributed by atoms with Gasteiger partial charge in [0.25, 0.3) is 5.91 Å². The van der Waals surface area contributed by atoms with Crippen LogP contribution in [0.25, 0.3) is 0 Å². The summed E-state index contributed by atoms with van der Waals surface area (Å²) in [5.74, 6) is 1.06. The lowest BCUT2D eigenvalue weighted by Gasteiger charge is -2.08. The lowest BCUT2D eigenvalue weighted by Crippen LogP contribution is -2.18. The van der Waals surface area contributed by atoms with Gasteiger partial charge in [-0.05, 0) is 49.7 Å². The van der Waals surface area contributed by atoms with Crippen LogP contribution in [0.15, 0.2) is 41.6 Å². The minimum absolute atomic E-state index is 0.201. The van der Waals surface area contributed by atoms with Crippen molar-refractivity contribution >= 4 is 28.9 Å². The van der Waals surface area contributed by atoms with Gasteiger partial charge in [-0.15, -0.1) is 0 Å². The van der Waals surface area contributed by atoms with Gasteiger partial charge >= 0.3 is 0 Å². The monoisotopic (exact) mass is 360 g/mol. The zero-order valence-electron chi connectivity index (χ0n) is 13.8. The third kappa shape index (κ3) is 4.22. The normalized spacial score (nSPS) is 12.8. The summed E-state index contributed by atoms with van der Waals surface area (Å²) in [6.07, 6.45) is 0. The van der Waals surface area contributed by atoms with E-state index in [0.29, 0.717) is 27.9 Å². The van der Waals surface area contributed by atoms with Gasteiger partial charge in [0.1, 0.15) is 0 Å². The fourth-order valence-electron chi connectivity index (χ4n) is 2.28. The van der Waals surface area contributed by atoms with E-state index in [0.717, 1.165) is 11.1 Å². The van der Waals surface area contributed by atoms with E-state index < -0.39 is 0 Å². The van der Waals surface area contributed by atoms with E-state index in [1.165, 1.54) is 0 Å². The molecule has 6 nitrogen and oxygen atoms in total. The number of anilines is 1. The molecule has 2 aromatic carbocycles.